The van der Waals surface area contributed by atoms with Gasteiger partial charge in [-0.05, 0) is 18.1 Å². The molecule has 3 aromatic rings. The number of aromatic nitrogens is 3. The molecule has 1 aliphatic heterocycles. The average Bonchev–Trinajstić information content (AvgIpc) is 3.38. The predicted octanol–water partition coefficient (Wildman–Crippen LogP) is 0.789. The monoisotopic (exact) mass is 407 g/mol. The van der Waals surface area contributed by atoms with E-state index in [2.05, 4.69) is 56.9 Å². The van der Waals surface area contributed by atoms with Gasteiger partial charge >= 0.3 is 0 Å². The molecule has 0 aliphatic carbocycles. The van der Waals surface area contributed by atoms with Crippen molar-refractivity contribution in [2.45, 2.75) is 25.2 Å². The molecule has 156 valence electrons. The van der Waals surface area contributed by atoms with E-state index in [0.717, 1.165) is 25.2 Å². The van der Waals surface area contributed by atoms with Crippen molar-refractivity contribution in [1.29, 1.82) is 0 Å². The van der Waals surface area contributed by atoms with Gasteiger partial charge in [0.1, 0.15) is 0 Å². The van der Waals surface area contributed by atoms with Crippen LogP contribution in [0.4, 0.5) is 5.69 Å². The Labute approximate surface area is 174 Å². The fourth-order valence-electron chi connectivity index (χ4n) is 4.03. The summed E-state index contributed by atoms with van der Waals surface area (Å²) in [5.74, 6) is 4.62. The number of hydrogen-bond acceptors (Lipinski definition) is 6. The summed E-state index contributed by atoms with van der Waals surface area (Å²) >= 11 is 0. The van der Waals surface area contributed by atoms with Gasteiger partial charge < -0.3 is 10.2 Å². The molecule has 3 heterocycles. The van der Waals surface area contributed by atoms with Crippen LogP contribution in [0, 0.1) is 0 Å². The first-order valence-corrected chi connectivity index (χ1v) is 9.85. The van der Waals surface area contributed by atoms with Crippen LogP contribution in [-0.4, -0.2) is 46.5 Å². The van der Waals surface area contributed by atoms with Gasteiger partial charge in [0.2, 0.25) is 11.7 Å². The van der Waals surface area contributed by atoms with Crippen LogP contribution in [0.25, 0.3) is 5.65 Å². The van der Waals surface area contributed by atoms with E-state index in [0.29, 0.717) is 11.2 Å². The largest absolute Gasteiger partial charge is 0.369 e. The van der Waals surface area contributed by atoms with Gasteiger partial charge in [0.25, 0.3) is 5.91 Å². The van der Waals surface area contributed by atoms with Crippen molar-refractivity contribution in [2.24, 2.45) is 5.84 Å². The van der Waals surface area contributed by atoms with Gasteiger partial charge in [0.15, 0.2) is 5.65 Å². The molecule has 1 atom stereocenters. The van der Waals surface area contributed by atoms with Gasteiger partial charge in [-0.3, -0.25) is 15.0 Å². The number of nitrogens with zero attached hydrogens (tertiary/aromatic N) is 4. The van der Waals surface area contributed by atoms with E-state index < -0.39 is 0 Å². The second kappa shape index (κ2) is 7.75. The van der Waals surface area contributed by atoms with Crippen LogP contribution in [0.2, 0.25) is 0 Å². The minimum Gasteiger partial charge on any atom is -0.369 e. The molecule has 30 heavy (non-hydrogen) atoms. The normalized spacial score (nSPS) is 18.6. The maximum Gasteiger partial charge on any atom is 0.290 e. The molecular formula is C21H25N7O2. The quantitative estimate of drug-likeness (QED) is 0.327. The number of carbonyl (C=O) groups excluding carboxylic acids is 2. The number of nitrogens with two attached hydrogens (primary N) is 1. The number of fused-ring (bicyclic) bond motifs is 1. The van der Waals surface area contributed by atoms with E-state index in [4.69, 9.17) is 5.84 Å². The van der Waals surface area contributed by atoms with Crippen molar-refractivity contribution in [3.05, 3.63) is 59.5 Å². The summed E-state index contributed by atoms with van der Waals surface area (Å²) in [6.07, 6.45) is 2.91. The Balaban J connectivity index is 1.72. The van der Waals surface area contributed by atoms with Crippen molar-refractivity contribution in [1.82, 2.24) is 25.3 Å². The lowest BCUT2D eigenvalue weighted by Gasteiger charge is -2.26. The molecule has 1 aromatic carbocycles. The number of amides is 2. The first-order chi connectivity index (χ1) is 14.4. The number of benzene rings is 1. The fourth-order valence-corrected chi connectivity index (χ4v) is 4.03. The molecule has 0 spiro atoms. The third-order valence-electron chi connectivity index (χ3n) is 5.75. The maximum atomic E-state index is 12.0. The molecule has 1 saturated heterocycles. The van der Waals surface area contributed by atoms with Crippen molar-refractivity contribution in [3.63, 3.8) is 0 Å². The van der Waals surface area contributed by atoms with Gasteiger partial charge in [-0.25, -0.2) is 15.3 Å². The molecule has 9 nitrogen and oxygen atoms in total. The number of pyridine rings is 1. The number of hydrazine groups is 1. The minimum absolute atomic E-state index is 0.0284. The Morgan fingerprint density at radius 3 is 2.73 bits per heavy atom. The summed E-state index contributed by atoms with van der Waals surface area (Å²) in [6, 6.07) is 12.4. The molecule has 0 radical (unpaired) electrons. The van der Waals surface area contributed by atoms with E-state index >= 15 is 0 Å². The van der Waals surface area contributed by atoms with Gasteiger partial charge in [-0.2, -0.15) is 0 Å². The van der Waals surface area contributed by atoms with Crippen molar-refractivity contribution < 1.29 is 9.59 Å². The molecule has 0 bridgehead atoms. The summed E-state index contributed by atoms with van der Waals surface area (Å²) in [5, 5.41) is 6.83. The Morgan fingerprint density at radius 2 is 2.03 bits per heavy atom. The van der Waals surface area contributed by atoms with Crippen LogP contribution < -0.4 is 21.5 Å². The third-order valence-corrected chi connectivity index (χ3v) is 5.75. The zero-order valence-electron chi connectivity index (χ0n) is 17.1. The Hall–Kier alpha value is -3.46. The van der Waals surface area contributed by atoms with Crippen LogP contribution in [0.1, 0.15) is 35.1 Å². The molecule has 0 saturated carbocycles. The molecular weight excluding hydrogens is 382 g/mol. The van der Waals surface area contributed by atoms with Crippen LogP contribution in [0.15, 0.2) is 42.6 Å². The summed E-state index contributed by atoms with van der Waals surface area (Å²) in [6.45, 7) is 3.97. The first-order valence-electron chi connectivity index (χ1n) is 9.85. The smallest absolute Gasteiger partial charge is 0.290 e. The number of carbonyl (C=O) groups is 2. The lowest BCUT2D eigenvalue weighted by molar-refractivity contribution is -0.120. The predicted molar refractivity (Wildman–Crippen MR) is 113 cm³/mol. The summed E-state index contributed by atoms with van der Waals surface area (Å²) < 4.78 is 1.57. The highest BCUT2D eigenvalue weighted by molar-refractivity contribution is 5.91. The van der Waals surface area contributed by atoms with Gasteiger partial charge in [0.05, 0.1) is 18.3 Å². The Morgan fingerprint density at radius 1 is 1.27 bits per heavy atom. The highest BCUT2D eigenvalue weighted by atomic mass is 16.2. The second-order valence-electron chi connectivity index (χ2n) is 7.85. The SMILES string of the molecule is CNC(=O)c1nc2c(CC(=O)NN)cc(N3CC[C@](C)(c4ccccc4)C3)cn2n1. The maximum absolute atomic E-state index is 12.0. The Bertz CT molecular complexity index is 1100. The van der Waals surface area contributed by atoms with Crippen LogP contribution in [0.3, 0.4) is 0 Å². The highest BCUT2D eigenvalue weighted by Gasteiger charge is 2.35. The number of nitrogens with one attached hydrogen (secondary N) is 2. The van der Waals surface area contributed by atoms with E-state index in [1.165, 1.54) is 12.6 Å². The number of rotatable bonds is 5. The summed E-state index contributed by atoms with van der Waals surface area (Å²) in [7, 11) is 1.52. The fraction of sp³-hybridized carbons (Fsp3) is 0.333. The van der Waals surface area contributed by atoms with Gasteiger partial charge in [-0.15, -0.1) is 5.10 Å². The van der Waals surface area contributed by atoms with E-state index in [9.17, 15) is 9.59 Å². The molecule has 2 aromatic heterocycles. The number of hydrogen-bond donors (Lipinski definition) is 3. The van der Waals surface area contributed by atoms with Gasteiger partial charge in [0, 0.05) is 31.1 Å². The van der Waals surface area contributed by atoms with E-state index in [-0.39, 0.29) is 29.5 Å². The van der Waals surface area contributed by atoms with E-state index in [1.807, 2.05) is 18.3 Å². The van der Waals surface area contributed by atoms with Gasteiger partial charge in [-0.1, -0.05) is 37.3 Å². The third kappa shape index (κ3) is 3.59. The molecule has 2 amide bonds. The van der Waals surface area contributed by atoms with Crippen molar-refractivity contribution >= 4 is 23.1 Å². The highest BCUT2D eigenvalue weighted by Crippen LogP contribution is 2.36. The number of anilines is 1. The zero-order valence-corrected chi connectivity index (χ0v) is 17.1. The van der Waals surface area contributed by atoms with Crippen LogP contribution in [-0.2, 0) is 16.6 Å². The molecule has 0 unspecified atom stereocenters. The molecule has 9 heteroatoms. The van der Waals surface area contributed by atoms with Crippen molar-refractivity contribution in [3.8, 4) is 0 Å². The summed E-state index contributed by atoms with van der Waals surface area (Å²) in [4.78, 5) is 30.5. The second-order valence-corrected chi connectivity index (χ2v) is 7.85. The van der Waals surface area contributed by atoms with Crippen molar-refractivity contribution in [2.75, 3.05) is 25.0 Å². The molecule has 1 fully saturated rings. The zero-order chi connectivity index (χ0) is 21.3. The van der Waals surface area contributed by atoms with E-state index in [1.54, 1.807) is 4.52 Å². The average molecular weight is 407 g/mol. The van der Waals surface area contributed by atoms with Crippen LogP contribution >= 0.6 is 0 Å². The standard InChI is InChI=1S/C21H25N7O2/c1-21(15-6-4-3-5-7-15)8-9-27(13-21)16-10-14(11-17(29)25-22)19-24-18(20(30)23-2)26-28(19)12-16/h3-7,10,12H,8-9,11,13,22H2,1-2H3,(H,23,30)(H,25,29)/t21-/m0/s1. The molecule has 4 rings (SSSR count). The Kier molecular flexibility index (Phi) is 5.13. The minimum atomic E-state index is -0.382. The topological polar surface area (TPSA) is 118 Å². The lowest BCUT2D eigenvalue weighted by Crippen LogP contribution is -2.32. The summed E-state index contributed by atoms with van der Waals surface area (Å²) in [5.41, 5.74) is 5.54. The lowest BCUT2D eigenvalue weighted by atomic mass is 9.82. The molecule has 4 N–H and O–H groups in total. The first kappa shape index (κ1) is 19.8. The van der Waals surface area contributed by atoms with Crippen LogP contribution in [0.5, 0.6) is 0 Å². The molecule has 1 aliphatic rings.